The molecule has 0 saturated carbocycles. The Morgan fingerprint density at radius 2 is 1.96 bits per heavy atom. The second kappa shape index (κ2) is 7.77. The number of hydrazone groups is 1. The van der Waals surface area contributed by atoms with Crippen LogP contribution in [-0.4, -0.2) is 19.2 Å². The molecule has 0 radical (unpaired) electrons. The fourth-order valence-electron chi connectivity index (χ4n) is 3.11. The average molecular weight is 322 g/mol. The summed E-state index contributed by atoms with van der Waals surface area (Å²) in [6.07, 6.45) is 6.67. The highest BCUT2D eigenvalue weighted by molar-refractivity contribution is 5.83. The van der Waals surface area contributed by atoms with E-state index in [1.807, 2.05) is 30.3 Å². The van der Waals surface area contributed by atoms with Crippen molar-refractivity contribution in [2.75, 3.05) is 7.11 Å². The Kier molecular flexibility index (Phi) is 5.26. The highest BCUT2D eigenvalue weighted by Crippen LogP contribution is 2.24. The van der Waals surface area contributed by atoms with Gasteiger partial charge in [-0.15, -0.1) is 0 Å². The van der Waals surface area contributed by atoms with Crippen LogP contribution in [0, 0.1) is 0 Å². The molecule has 2 aromatic rings. The molecular weight excluding hydrogens is 300 g/mol. The van der Waals surface area contributed by atoms with E-state index in [0.717, 1.165) is 29.7 Å². The van der Waals surface area contributed by atoms with Crippen LogP contribution in [0.15, 0.2) is 47.6 Å². The smallest absolute Gasteiger partial charge is 0.244 e. The van der Waals surface area contributed by atoms with Crippen molar-refractivity contribution >= 4 is 12.1 Å². The van der Waals surface area contributed by atoms with Gasteiger partial charge in [-0.3, -0.25) is 4.79 Å². The van der Waals surface area contributed by atoms with Crippen LogP contribution in [0.4, 0.5) is 0 Å². The minimum atomic E-state index is -0.0845. The van der Waals surface area contributed by atoms with Gasteiger partial charge >= 0.3 is 0 Å². The van der Waals surface area contributed by atoms with E-state index in [0.29, 0.717) is 6.42 Å². The van der Waals surface area contributed by atoms with Crippen LogP contribution in [0.5, 0.6) is 5.75 Å². The maximum absolute atomic E-state index is 12.1. The minimum Gasteiger partial charge on any atom is -0.497 e. The van der Waals surface area contributed by atoms with Gasteiger partial charge in [0.2, 0.25) is 5.91 Å². The summed E-state index contributed by atoms with van der Waals surface area (Å²) in [5, 5.41) is 4.04. The zero-order valence-electron chi connectivity index (χ0n) is 13.9. The lowest BCUT2D eigenvalue weighted by atomic mass is 9.87. The van der Waals surface area contributed by atoms with Crippen molar-refractivity contribution in [3.05, 3.63) is 64.7 Å². The van der Waals surface area contributed by atoms with Gasteiger partial charge in [0.05, 0.1) is 19.7 Å². The van der Waals surface area contributed by atoms with Crippen LogP contribution in [0.2, 0.25) is 0 Å². The van der Waals surface area contributed by atoms with E-state index >= 15 is 0 Å². The van der Waals surface area contributed by atoms with Crippen LogP contribution in [0.1, 0.15) is 35.1 Å². The van der Waals surface area contributed by atoms with Gasteiger partial charge in [-0.1, -0.05) is 18.2 Å². The third-order valence-electron chi connectivity index (χ3n) is 4.36. The number of nitrogens with one attached hydrogen (secondary N) is 1. The Hall–Kier alpha value is -2.62. The van der Waals surface area contributed by atoms with Gasteiger partial charge in [-0.2, -0.15) is 5.10 Å². The van der Waals surface area contributed by atoms with E-state index in [1.54, 1.807) is 13.3 Å². The minimum absolute atomic E-state index is 0.0845. The predicted octanol–water partition coefficient (Wildman–Crippen LogP) is 3.27. The van der Waals surface area contributed by atoms with Gasteiger partial charge in [-0.05, 0) is 72.2 Å². The lowest BCUT2D eigenvalue weighted by Gasteiger charge is -2.18. The first-order valence-corrected chi connectivity index (χ1v) is 8.32. The number of carbonyl (C=O) groups excluding carboxylic acids is 1. The SMILES string of the molecule is COc1ccc(/C=N\NC(=O)Cc2cccc3c2CCCC3)cc1. The third-order valence-corrected chi connectivity index (χ3v) is 4.36. The fraction of sp³-hybridized carbons (Fsp3) is 0.300. The number of nitrogens with zero attached hydrogens (tertiary/aromatic N) is 1. The van der Waals surface area contributed by atoms with Gasteiger partial charge in [0.25, 0.3) is 0 Å². The van der Waals surface area contributed by atoms with E-state index in [-0.39, 0.29) is 5.91 Å². The summed E-state index contributed by atoms with van der Waals surface area (Å²) in [6, 6.07) is 13.8. The first-order chi connectivity index (χ1) is 11.8. The molecule has 1 aliphatic carbocycles. The van der Waals surface area contributed by atoms with Gasteiger partial charge < -0.3 is 4.74 Å². The normalized spacial score (nSPS) is 13.5. The molecule has 124 valence electrons. The summed E-state index contributed by atoms with van der Waals surface area (Å²) in [5.74, 6) is 0.712. The molecule has 1 aliphatic rings. The van der Waals surface area contributed by atoms with Crippen molar-refractivity contribution in [2.24, 2.45) is 5.10 Å². The monoisotopic (exact) mass is 322 g/mol. The molecule has 0 heterocycles. The third kappa shape index (κ3) is 4.02. The summed E-state index contributed by atoms with van der Waals surface area (Å²) < 4.78 is 5.11. The zero-order valence-corrected chi connectivity index (χ0v) is 13.9. The molecular formula is C20H22N2O2. The van der Waals surface area contributed by atoms with Crippen molar-refractivity contribution in [1.29, 1.82) is 0 Å². The van der Waals surface area contributed by atoms with Crippen LogP contribution >= 0.6 is 0 Å². The van der Waals surface area contributed by atoms with Crippen LogP contribution < -0.4 is 10.2 Å². The molecule has 0 fully saturated rings. The molecule has 4 heteroatoms. The van der Waals surface area contributed by atoms with Crippen molar-refractivity contribution < 1.29 is 9.53 Å². The first-order valence-electron chi connectivity index (χ1n) is 8.32. The van der Waals surface area contributed by atoms with E-state index in [4.69, 9.17) is 4.74 Å². The largest absolute Gasteiger partial charge is 0.497 e. The number of hydrogen-bond acceptors (Lipinski definition) is 3. The molecule has 0 unspecified atom stereocenters. The molecule has 24 heavy (non-hydrogen) atoms. The lowest BCUT2D eigenvalue weighted by Crippen LogP contribution is -2.21. The molecule has 0 aliphatic heterocycles. The molecule has 1 amide bonds. The number of aryl methyl sites for hydroxylation is 1. The second-order valence-corrected chi connectivity index (χ2v) is 6.01. The average Bonchev–Trinajstić information content (AvgIpc) is 2.63. The number of rotatable bonds is 5. The molecule has 1 N–H and O–H groups in total. The summed E-state index contributed by atoms with van der Waals surface area (Å²) in [5.41, 5.74) is 7.41. The Morgan fingerprint density at radius 3 is 2.75 bits per heavy atom. The Balaban J connectivity index is 1.58. The maximum Gasteiger partial charge on any atom is 0.244 e. The number of methoxy groups -OCH3 is 1. The van der Waals surface area contributed by atoms with Gasteiger partial charge in [0, 0.05) is 0 Å². The van der Waals surface area contributed by atoms with Crippen LogP contribution in [-0.2, 0) is 24.1 Å². The highest BCUT2D eigenvalue weighted by atomic mass is 16.5. The number of amides is 1. The maximum atomic E-state index is 12.1. The van der Waals surface area contributed by atoms with Gasteiger partial charge in [0.15, 0.2) is 0 Å². The number of ether oxygens (including phenoxy) is 1. The van der Waals surface area contributed by atoms with E-state index in [9.17, 15) is 4.79 Å². The number of benzene rings is 2. The number of hydrogen-bond donors (Lipinski definition) is 1. The van der Waals surface area contributed by atoms with Gasteiger partial charge in [0.1, 0.15) is 5.75 Å². The van der Waals surface area contributed by atoms with Crippen molar-refractivity contribution in [1.82, 2.24) is 5.43 Å². The number of carbonyl (C=O) groups is 1. The van der Waals surface area contributed by atoms with Gasteiger partial charge in [-0.25, -0.2) is 5.43 Å². The summed E-state index contributed by atoms with van der Waals surface area (Å²) in [7, 11) is 1.63. The van der Waals surface area contributed by atoms with Crippen molar-refractivity contribution in [2.45, 2.75) is 32.1 Å². The molecule has 0 spiro atoms. The second-order valence-electron chi connectivity index (χ2n) is 6.01. The summed E-state index contributed by atoms with van der Waals surface area (Å²) in [4.78, 5) is 12.1. The Bertz CT molecular complexity index is 736. The molecule has 3 rings (SSSR count). The van der Waals surface area contributed by atoms with Crippen molar-refractivity contribution in [3.8, 4) is 5.75 Å². The molecule has 0 bridgehead atoms. The van der Waals surface area contributed by atoms with E-state index in [1.165, 1.54) is 24.0 Å². The highest BCUT2D eigenvalue weighted by Gasteiger charge is 2.14. The molecule has 4 nitrogen and oxygen atoms in total. The van der Waals surface area contributed by atoms with Crippen LogP contribution in [0.25, 0.3) is 0 Å². The number of fused-ring (bicyclic) bond motifs is 1. The van der Waals surface area contributed by atoms with Crippen LogP contribution in [0.3, 0.4) is 0 Å². The molecule has 2 aromatic carbocycles. The first kappa shape index (κ1) is 16.2. The molecule has 0 saturated heterocycles. The summed E-state index contributed by atoms with van der Waals surface area (Å²) in [6.45, 7) is 0. The summed E-state index contributed by atoms with van der Waals surface area (Å²) >= 11 is 0. The van der Waals surface area contributed by atoms with Crippen molar-refractivity contribution in [3.63, 3.8) is 0 Å². The molecule has 0 aromatic heterocycles. The standard InChI is InChI=1S/C20H22N2O2/c1-24-18-11-9-15(10-12-18)14-21-22-20(23)13-17-7-4-6-16-5-2-3-8-19(16)17/h4,6-7,9-12,14H,2-3,5,8,13H2,1H3,(H,22,23)/b21-14-. The topological polar surface area (TPSA) is 50.7 Å². The van der Waals surface area contributed by atoms with E-state index in [2.05, 4.69) is 22.7 Å². The Morgan fingerprint density at radius 1 is 1.17 bits per heavy atom. The van der Waals surface area contributed by atoms with E-state index < -0.39 is 0 Å². The lowest BCUT2D eigenvalue weighted by molar-refractivity contribution is -0.120. The quantitative estimate of drug-likeness (QED) is 0.678. The zero-order chi connectivity index (χ0) is 16.8. The predicted molar refractivity (Wildman–Crippen MR) is 95.5 cm³/mol. The Labute approximate surface area is 142 Å². The molecule has 0 atom stereocenters. The fourth-order valence-corrected chi connectivity index (χ4v) is 3.11.